The second-order valence-electron chi connectivity index (χ2n) is 5.33. The van der Waals surface area contributed by atoms with E-state index in [-0.39, 0.29) is 5.75 Å². The molecule has 5 heteroatoms. The number of aromatic nitrogens is 1. The number of para-hydroxylation sites is 1. The first-order valence-electron chi connectivity index (χ1n) is 7.29. The van der Waals surface area contributed by atoms with Crippen LogP contribution in [0.4, 0.5) is 5.82 Å². The molecule has 0 aliphatic carbocycles. The summed E-state index contributed by atoms with van der Waals surface area (Å²) >= 11 is 0. The van der Waals surface area contributed by atoms with Crippen LogP contribution in [0.1, 0.15) is 23.1 Å². The van der Waals surface area contributed by atoms with E-state index in [4.69, 9.17) is 11.5 Å². The lowest BCUT2D eigenvalue weighted by atomic mass is 9.97. The smallest absolute Gasteiger partial charge is 0.124 e. The van der Waals surface area contributed by atoms with Gasteiger partial charge in [-0.15, -0.1) is 0 Å². The van der Waals surface area contributed by atoms with Crippen LogP contribution < -0.4 is 16.8 Å². The van der Waals surface area contributed by atoms with Gasteiger partial charge in [0.15, 0.2) is 0 Å². The van der Waals surface area contributed by atoms with Crippen molar-refractivity contribution in [1.29, 1.82) is 0 Å². The van der Waals surface area contributed by atoms with Crippen LogP contribution in [0, 0.1) is 0 Å². The standard InChI is InChI=1S/C17H20N4O/c18-15(12-3-1-2-4-16(12)22)9-13-14(10-21-17(13)19)11-5-7-20-8-6-11/h1-5,9-10,20-22H,6-8,18-19H2/b15-9-. The van der Waals surface area contributed by atoms with Gasteiger partial charge in [-0.25, -0.2) is 0 Å². The van der Waals surface area contributed by atoms with Crippen LogP contribution in [-0.4, -0.2) is 23.2 Å². The third kappa shape index (κ3) is 2.71. The number of anilines is 1. The van der Waals surface area contributed by atoms with Crippen LogP contribution >= 0.6 is 0 Å². The van der Waals surface area contributed by atoms with E-state index in [9.17, 15) is 5.11 Å². The number of phenols is 1. The molecule has 0 amide bonds. The maximum atomic E-state index is 9.92. The summed E-state index contributed by atoms with van der Waals surface area (Å²) in [5, 5.41) is 13.2. The van der Waals surface area contributed by atoms with Gasteiger partial charge < -0.3 is 26.9 Å². The van der Waals surface area contributed by atoms with Crippen LogP contribution in [0.15, 0.2) is 36.5 Å². The Morgan fingerprint density at radius 1 is 1.27 bits per heavy atom. The maximum Gasteiger partial charge on any atom is 0.124 e. The van der Waals surface area contributed by atoms with Crippen molar-refractivity contribution in [2.24, 2.45) is 5.73 Å². The zero-order valence-electron chi connectivity index (χ0n) is 12.3. The summed E-state index contributed by atoms with van der Waals surface area (Å²) in [5.74, 6) is 0.737. The van der Waals surface area contributed by atoms with E-state index in [1.165, 1.54) is 5.57 Å². The fourth-order valence-electron chi connectivity index (χ4n) is 2.69. The molecule has 2 aromatic rings. The first-order valence-corrected chi connectivity index (χ1v) is 7.29. The average molecular weight is 296 g/mol. The molecule has 5 nitrogen and oxygen atoms in total. The Balaban J connectivity index is 2.02. The molecular weight excluding hydrogens is 276 g/mol. The number of nitrogens with two attached hydrogens (primary N) is 2. The maximum absolute atomic E-state index is 9.92. The highest BCUT2D eigenvalue weighted by Crippen LogP contribution is 2.31. The fraction of sp³-hybridized carbons (Fsp3) is 0.176. The van der Waals surface area contributed by atoms with Gasteiger partial charge in [0.2, 0.25) is 0 Å². The molecule has 2 heterocycles. The summed E-state index contributed by atoms with van der Waals surface area (Å²) in [6.07, 6.45) is 6.85. The number of aromatic amines is 1. The summed E-state index contributed by atoms with van der Waals surface area (Å²) in [6.45, 7) is 1.81. The Morgan fingerprint density at radius 2 is 2.09 bits per heavy atom. The van der Waals surface area contributed by atoms with Crippen molar-refractivity contribution in [3.63, 3.8) is 0 Å². The van der Waals surface area contributed by atoms with Gasteiger partial charge in [-0.05, 0) is 36.7 Å². The number of phenolic OH excluding ortho intramolecular Hbond substituents is 1. The molecule has 0 bridgehead atoms. The van der Waals surface area contributed by atoms with Crippen LogP contribution in [0.2, 0.25) is 0 Å². The minimum absolute atomic E-state index is 0.160. The Hall–Kier alpha value is -2.66. The molecule has 22 heavy (non-hydrogen) atoms. The SMILES string of the molecule is N/C(=C\c1c(C2=CCNCC2)c[nH]c1N)c1ccccc1O. The molecule has 0 saturated heterocycles. The molecule has 0 saturated carbocycles. The minimum atomic E-state index is 0.160. The van der Waals surface area contributed by atoms with Crippen LogP contribution in [0.3, 0.4) is 0 Å². The van der Waals surface area contributed by atoms with Crippen molar-refractivity contribution in [1.82, 2.24) is 10.3 Å². The second kappa shape index (κ2) is 5.99. The average Bonchev–Trinajstić information content (AvgIpc) is 2.89. The van der Waals surface area contributed by atoms with Gasteiger partial charge in [-0.3, -0.25) is 0 Å². The number of hydrogen-bond donors (Lipinski definition) is 5. The monoisotopic (exact) mass is 296 g/mol. The van der Waals surface area contributed by atoms with Crippen molar-refractivity contribution < 1.29 is 5.11 Å². The number of aromatic hydroxyl groups is 1. The van der Waals surface area contributed by atoms with Gasteiger partial charge in [0.1, 0.15) is 11.6 Å². The molecule has 0 radical (unpaired) electrons. The zero-order chi connectivity index (χ0) is 15.5. The molecule has 1 aromatic heterocycles. The Kier molecular flexibility index (Phi) is 3.89. The van der Waals surface area contributed by atoms with E-state index < -0.39 is 0 Å². The van der Waals surface area contributed by atoms with E-state index >= 15 is 0 Å². The molecule has 0 spiro atoms. The molecule has 0 atom stereocenters. The van der Waals surface area contributed by atoms with Gasteiger partial charge in [0.25, 0.3) is 0 Å². The van der Waals surface area contributed by atoms with Gasteiger partial charge in [0.05, 0.1) is 0 Å². The number of H-pyrrole nitrogens is 1. The third-order valence-electron chi connectivity index (χ3n) is 3.88. The highest BCUT2D eigenvalue weighted by Gasteiger charge is 2.14. The predicted molar refractivity (Wildman–Crippen MR) is 90.8 cm³/mol. The summed E-state index contributed by atoms with van der Waals surface area (Å²) < 4.78 is 0. The first-order chi connectivity index (χ1) is 10.7. The van der Waals surface area contributed by atoms with Gasteiger partial charge in [0, 0.05) is 35.1 Å². The van der Waals surface area contributed by atoms with Gasteiger partial charge >= 0.3 is 0 Å². The molecule has 114 valence electrons. The normalized spacial score (nSPS) is 15.6. The Morgan fingerprint density at radius 3 is 2.82 bits per heavy atom. The molecule has 0 fully saturated rings. The molecule has 1 aliphatic rings. The summed E-state index contributed by atoms with van der Waals surface area (Å²) in [5.41, 5.74) is 16.5. The Labute approximate surface area is 129 Å². The van der Waals surface area contributed by atoms with Crippen molar-refractivity contribution in [3.05, 3.63) is 53.2 Å². The van der Waals surface area contributed by atoms with Crippen molar-refractivity contribution in [2.75, 3.05) is 18.8 Å². The lowest BCUT2D eigenvalue weighted by molar-refractivity contribution is 0.473. The van der Waals surface area contributed by atoms with Crippen LogP contribution in [0.5, 0.6) is 5.75 Å². The number of nitrogens with one attached hydrogen (secondary N) is 2. The summed E-state index contributed by atoms with van der Waals surface area (Å²) in [6, 6.07) is 7.01. The third-order valence-corrected chi connectivity index (χ3v) is 3.88. The lowest BCUT2D eigenvalue weighted by Gasteiger charge is -2.14. The molecule has 1 aromatic carbocycles. The van der Waals surface area contributed by atoms with E-state index in [1.54, 1.807) is 18.2 Å². The van der Waals surface area contributed by atoms with Crippen LogP contribution in [-0.2, 0) is 0 Å². The number of hydrogen-bond acceptors (Lipinski definition) is 4. The molecular formula is C17H20N4O. The molecule has 0 unspecified atom stereocenters. The second-order valence-corrected chi connectivity index (χ2v) is 5.33. The minimum Gasteiger partial charge on any atom is -0.507 e. The summed E-state index contributed by atoms with van der Waals surface area (Å²) in [7, 11) is 0. The molecule has 1 aliphatic heterocycles. The van der Waals surface area contributed by atoms with Crippen molar-refractivity contribution in [3.8, 4) is 5.75 Å². The fourth-order valence-corrected chi connectivity index (χ4v) is 2.69. The highest BCUT2D eigenvalue weighted by molar-refractivity contribution is 5.89. The largest absolute Gasteiger partial charge is 0.507 e. The van der Waals surface area contributed by atoms with E-state index in [1.807, 2.05) is 18.3 Å². The van der Waals surface area contributed by atoms with Gasteiger partial charge in [-0.1, -0.05) is 18.2 Å². The molecule has 3 rings (SSSR count). The predicted octanol–water partition coefficient (Wildman–Crippen LogP) is 2.14. The van der Waals surface area contributed by atoms with E-state index in [2.05, 4.69) is 16.4 Å². The lowest BCUT2D eigenvalue weighted by Crippen LogP contribution is -2.20. The molecule has 7 N–H and O–H groups in total. The number of nitrogen functional groups attached to an aromatic ring is 1. The topological polar surface area (TPSA) is 100 Å². The summed E-state index contributed by atoms with van der Waals surface area (Å²) in [4.78, 5) is 3.06. The van der Waals surface area contributed by atoms with Crippen molar-refractivity contribution >= 4 is 23.2 Å². The van der Waals surface area contributed by atoms with Crippen molar-refractivity contribution in [2.45, 2.75) is 6.42 Å². The zero-order valence-corrected chi connectivity index (χ0v) is 12.3. The van der Waals surface area contributed by atoms with E-state index in [0.29, 0.717) is 17.1 Å². The quantitative estimate of drug-likeness (QED) is 0.599. The number of benzene rings is 1. The van der Waals surface area contributed by atoms with Gasteiger partial charge in [-0.2, -0.15) is 0 Å². The highest BCUT2D eigenvalue weighted by atomic mass is 16.3. The first kappa shape index (κ1) is 14.3. The van der Waals surface area contributed by atoms with Crippen LogP contribution in [0.25, 0.3) is 17.3 Å². The Bertz CT molecular complexity index is 743. The number of rotatable bonds is 3. The van der Waals surface area contributed by atoms with E-state index in [0.717, 1.165) is 30.6 Å².